The number of hydrogen-bond donors (Lipinski definition) is 2. The molecule has 4 aromatic rings. The van der Waals surface area contributed by atoms with Crippen LogP contribution in [0.25, 0.3) is 0 Å². The lowest BCUT2D eigenvalue weighted by molar-refractivity contribution is -0.148. The van der Waals surface area contributed by atoms with Crippen LogP contribution in [0.3, 0.4) is 0 Å². The van der Waals surface area contributed by atoms with Gasteiger partial charge in [-0.3, -0.25) is 19.4 Å². The minimum absolute atomic E-state index is 0.0317. The van der Waals surface area contributed by atoms with Crippen molar-refractivity contribution >= 4 is 23.6 Å². The molecule has 0 saturated carbocycles. The number of benzene rings is 4. The molecule has 2 aliphatic rings. The zero-order valence-electron chi connectivity index (χ0n) is 31.2. The number of aromatic hydroxyl groups is 1. The summed E-state index contributed by atoms with van der Waals surface area (Å²) in [6.45, 7) is 9.36. The first-order valence-electron chi connectivity index (χ1n) is 18.4. The molecule has 3 N–H and O–H groups in total. The third-order valence-electron chi connectivity index (χ3n) is 9.46. The fraction of sp³-hybridized carbons (Fsp3) is 0.357. The van der Waals surface area contributed by atoms with Gasteiger partial charge in [0.25, 0.3) is 0 Å². The zero-order chi connectivity index (χ0) is 38.4. The fourth-order valence-corrected chi connectivity index (χ4v) is 7.24. The van der Waals surface area contributed by atoms with Crippen molar-refractivity contribution < 1.29 is 43.2 Å². The summed E-state index contributed by atoms with van der Waals surface area (Å²) in [6, 6.07) is 21.0. The van der Waals surface area contributed by atoms with Gasteiger partial charge in [0, 0.05) is 35.5 Å². The standard InChI is InChI=1S/C42H47N3O9/c1-5-21-44(22-6-2)23-30-35(46)19-17-33-39(30)53-40-31(24-45(25-37(47)50-7-3)26-38(48)51-8-4)36(52-28-15-13-27(43)14-16-28)20-18-34(40)42(33)32-12-10-9-11-29(32)41(49)54-42/h9-20,46H,5-8,21-26,43H2,1-4H3. The van der Waals surface area contributed by atoms with Gasteiger partial charge in [-0.1, -0.05) is 32.0 Å². The van der Waals surface area contributed by atoms with E-state index in [2.05, 4.69) is 18.7 Å². The third-order valence-corrected chi connectivity index (χ3v) is 9.46. The van der Waals surface area contributed by atoms with Gasteiger partial charge in [-0.2, -0.15) is 0 Å². The topological polar surface area (TPSA) is 150 Å². The molecule has 12 heteroatoms. The van der Waals surface area contributed by atoms with E-state index in [4.69, 9.17) is 29.4 Å². The van der Waals surface area contributed by atoms with Crippen LogP contribution < -0.4 is 15.2 Å². The number of phenols is 1. The second-order valence-electron chi connectivity index (χ2n) is 13.3. The molecule has 0 saturated heterocycles. The van der Waals surface area contributed by atoms with Crippen molar-refractivity contribution in [2.75, 3.05) is 45.1 Å². The Hall–Kier alpha value is -5.59. The number of carbonyl (C=O) groups excluding carboxylic acids is 3. The normalized spacial score (nSPS) is 15.3. The minimum atomic E-state index is -1.47. The molecule has 1 atom stereocenters. The summed E-state index contributed by atoms with van der Waals surface area (Å²) < 4.78 is 30.5. The van der Waals surface area contributed by atoms with Crippen molar-refractivity contribution in [3.05, 3.63) is 106 Å². The van der Waals surface area contributed by atoms with E-state index in [9.17, 15) is 19.5 Å². The molecule has 1 unspecified atom stereocenters. The highest BCUT2D eigenvalue weighted by atomic mass is 16.6. The number of phenolic OH excluding ortho intramolecular Hbond substituents is 1. The predicted molar refractivity (Wildman–Crippen MR) is 202 cm³/mol. The fourth-order valence-electron chi connectivity index (χ4n) is 7.24. The van der Waals surface area contributed by atoms with Crippen molar-refractivity contribution in [3.8, 4) is 28.7 Å². The Morgan fingerprint density at radius 2 is 1.33 bits per heavy atom. The predicted octanol–water partition coefficient (Wildman–Crippen LogP) is 6.88. The van der Waals surface area contributed by atoms with Crippen LogP contribution in [0.1, 0.15) is 78.7 Å². The lowest BCUT2D eigenvalue weighted by atomic mass is 9.76. The number of nitrogens with two attached hydrogens (primary N) is 1. The summed E-state index contributed by atoms with van der Waals surface area (Å²) in [4.78, 5) is 43.5. The summed E-state index contributed by atoms with van der Waals surface area (Å²) in [5.74, 6) is -0.0743. The molecular formula is C42H47N3O9. The second kappa shape index (κ2) is 16.6. The average molecular weight is 738 g/mol. The van der Waals surface area contributed by atoms with Crippen LogP contribution in [0.4, 0.5) is 5.69 Å². The van der Waals surface area contributed by atoms with Crippen LogP contribution >= 0.6 is 0 Å². The Balaban J connectivity index is 1.61. The van der Waals surface area contributed by atoms with Gasteiger partial charge in [-0.25, -0.2) is 4.79 Å². The van der Waals surface area contributed by atoms with Crippen LogP contribution in [-0.4, -0.2) is 72.2 Å². The molecule has 54 heavy (non-hydrogen) atoms. The maximum Gasteiger partial charge on any atom is 0.340 e. The molecule has 0 amide bonds. The maximum absolute atomic E-state index is 13.8. The second-order valence-corrected chi connectivity index (χ2v) is 13.3. The summed E-state index contributed by atoms with van der Waals surface area (Å²) in [6.07, 6.45) is 1.81. The Kier molecular flexibility index (Phi) is 11.7. The van der Waals surface area contributed by atoms with Crippen molar-refractivity contribution in [3.63, 3.8) is 0 Å². The van der Waals surface area contributed by atoms with E-state index < -0.39 is 23.5 Å². The Bertz CT molecular complexity index is 1990. The number of nitrogens with zero attached hydrogens (tertiary/aromatic N) is 2. The number of fused-ring (bicyclic) bond motifs is 6. The molecule has 12 nitrogen and oxygen atoms in total. The van der Waals surface area contributed by atoms with E-state index in [0.29, 0.717) is 68.6 Å². The number of ether oxygens (including phenoxy) is 5. The highest BCUT2D eigenvalue weighted by Crippen LogP contribution is 2.59. The molecule has 0 fully saturated rings. The summed E-state index contributed by atoms with van der Waals surface area (Å²) in [7, 11) is 0. The first-order valence-corrected chi connectivity index (χ1v) is 18.4. The molecule has 0 radical (unpaired) electrons. The number of carbonyl (C=O) groups is 3. The van der Waals surface area contributed by atoms with Crippen molar-refractivity contribution in [1.29, 1.82) is 0 Å². The molecule has 0 bridgehead atoms. The quantitative estimate of drug-likeness (QED) is 0.0701. The van der Waals surface area contributed by atoms with Crippen LogP contribution in [0, 0.1) is 0 Å². The van der Waals surface area contributed by atoms with Gasteiger partial charge in [0.05, 0.1) is 43.0 Å². The monoisotopic (exact) mass is 737 g/mol. The van der Waals surface area contributed by atoms with Gasteiger partial charge in [0.1, 0.15) is 28.7 Å². The van der Waals surface area contributed by atoms with Gasteiger partial charge in [-0.05, 0) is 94.4 Å². The largest absolute Gasteiger partial charge is 0.507 e. The first kappa shape index (κ1) is 38.1. The summed E-state index contributed by atoms with van der Waals surface area (Å²) >= 11 is 0. The minimum Gasteiger partial charge on any atom is -0.507 e. The third kappa shape index (κ3) is 7.57. The van der Waals surface area contributed by atoms with Crippen LogP contribution in [0.5, 0.6) is 28.7 Å². The van der Waals surface area contributed by atoms with E-state index in [-0.39, 0.29) is 38.6 Å². The lowest BCUT2D eigenvalue weighted by Crippen LogP contribution is -2.37. The Morgan fingerprint density at radius 1 is 0.741 bits per heavy atom. The maximum atomic E-state index is 13.8. The van der Waals surface area contributed by atoms with Crippen LogP contribution in [0.2, 0.25) is 0 Å². The number of hydrogen-bond acceptors (Lipinski definition) is 12. The van der Waals surface area contributed by atoms with E-state index in [1.54, 1.807) is 79.4 Å². The highest BCUT2D eigenvalue weighted by molar-refractivity contribution is 5.97. The van der Waals surface area contributed by atoms with Crippen LogP contribution in [0.15, 0.2) is 72.8 Å². The van der Waals surface area contributed by atoms with Crippen molar-refractivity contribution in [2.45, 2.75) is 59.2 Å². The smallest absolute Gasteiger partial charge is 0.340 e. The average Bonchev–Trinajstić information content (AvgIpc) is 3.44. The van der Waals surface area contributed by atoms with Gasteiger partial charge in [0.15, 0.2) is 5.60 Å². The highest BCUT2D eigenvalue weighted by Gasteiger charge is 2.55. The molecule has 0 aliphatic carbocycles. The Morgan fingerprint density at radius 3 is 1.96 bits per heavy atom. The SMILES string of the molecule is CCCN(CCC)Cc1c(O)ccc2c1Oc1c(ccc(Oc3ccc(N)cc3)c1CN(CC(=O)OCC)CC(=O)OCC)C21OC(=O)c2ccccc21. The van der Waals surface area contributed by atoms with Gasteiger partial charge in [-0.15, -0.1) is 0 Å². The zero-order valence-corrected chi connectivity index (χ0v) is 31.2. The van der Waals surface area contributed by atoms with Gasteiger partial charge >= 0.3 is 17.9 Å². The Labute approximate surface area is 315 Å². The number of rotatable bonds is 16. The molecule has 284 valence electrons. The number of anilines is 1. The van der Waals surface area contributed by atoms with Crippen LogP contribution in [-0.2, 0) is 42.5 Å². The van der Waals surface area contributed by atoms with Crippen molar-refractivity contribution in [1.82, 2.24) is 9.80 Å². The van der Waals surface area contributed by atoms with E-state index in [1.807, 2.05) is 12.1 Å². The van der Waals surface area contributed by atoms with Gasteiger partial charge in [0.2, 0.25) is 0 Å². The number of nitrogen functional groups attached to an aromatic ring is 1. The first-order chi connectivity index (χ1) is 26.1. The molecule has 4 aromatic carbocycles. The van der Waals surface area contributed by atoms with E-state index in [0.717, 1.165) is 25.9 Å². The lowest BCUT2D eigenvalue weighted by Gasteiger charge is -2.39. The molecule has 6 rings (SSSR count). The van der Waals surface area contributed by atoms with Crippen molar-refractivity contribution in [2.24, 2.45) is 0 Å². The molecule has 0 aromatic heterocycles. The summed E-state index contributed by atoms with van der Waals surface area (Å²) in [5, 5.41) is 11.5. The van der Waals surface area contributed by atoms with E-state index in [1.165, 1.54) is 0 Å². The van der Waals surface area contributed by atoms with E-state index >= 15 is 0 Å². The molecule has 1 spiro atoms. The molecule has 2 aliphatic heterocycles. The summed E-state index contributed by atoms with van der Waals surface area (Å²) in [5.41, 5.74) is 8.13. The molecule has 2 heterocycles. The van der Waals surface area contributed by atoms with Gasteiger partial charge < -0.3 is 34.5 Å². The molecular weight excluding hydrogens is 690 g/mol. The number of esters is 3.